The number of rotatable bonds is 9. The Morgan fingerprint density at radius 2 is 1.95 bits per heavy atom. The van der Waals surface area contributed by atoms with E-state index in [1.54, 1.807) is 4.67 Å². The summed E-state index contributed by atoms with van der Waals surface area (Å²) in [4.78, 5) is 0. The van der Waals surface area contributed by atoms with Crippen molar-refractivity contribution in [3.8, 4) is 0 Å². The molecule has 0 bridgehead atoms. The van der Waals surface area contributed by atoms with E-state index in [-0.39, 0.29) is 54.6 Å². The predicted molar refractivity (Wildman–Crippen MR) is 95.5 cm³/mol. The summed E-state index contributed by atoms with van der Waals surface area (Å²) in [5.41, 5.74) is 0. The first-order valence-electron chi connectivity index (χ1n) is 6.27. The van der Waals surface area contributed by atoms with Gasteiger partial charge in [-0.05, 0) is 6.42 Å². The molecule has 0 aromatic rings. The molecule has 1 aliphatic rings. The Balaban J connectivity index is 0.00000441. The van der Waals surface area contributed by atoms with Crippen LogP contribution in [-0.4, -0.2) is 104 Å². The summed E-state index contributed by atoms with van der Waals surface area (Å²) in [7, 11) is -7.19. The van der Waals surface area contributed by atoms with Crippen LogP contribution < -0.4 is 5.09 Å². The fraction of sp³-hybridized carbons (Fsp3) is 1.00. The fourth-order valence-corrected chi connectivity index (χ4v) is 6.81. The van der Waals surface area contributed by atoms with Crippen molar-refractivity contribution in [3.63, 3.8) is 0 Å². The quantitative estimate of drug-likeness (QED) is 0.235. The number of nitrogens with zero attached hydrogens (tertiary/aromatic N) is 1. The van der Waals surface area contributed by atoms with Gasteiger partial charge in [-0.15, -0.1) is 35.0 Å². The minimum absolute atomic E-state index is 0. The SMILES string of the molecule is O=P1(N(CCCl)CCCl)NC(SCCS(=O)(=O)O)CCO1.[CaH2]. The van der Waals surface area contributed by atoms with Crippen LogP contribution in [0.5, 0.6) is 0 Å². The van der Waals surface area contributed by atoms with Crippen molar-refractivity contribution in [1.29, 1.82) is 0 Å². The summed E-state index contributed by atoms with van der Waals surface area (Å²) >= 11 is 12.7. The van der Waals surface area contributed by atoms with E-state index in [2.05, 4.69) is 5.09 Å². The van der Waals surface area contributed by atoms with E-state index in [4.69, 9.17) is 32.3 Å². The van der Waals surface area contributed by atoms with E-state index < -0.39 is 17.8 Å². The molecule has 0 spiro atoms. The molecule has 0 aliphatic carbocycles. The molecule has 0 amide bonds. The fourth-order valence-electron chi connectivity index (χ4n) is 1.72. The number of alkyl halides is 2. The van der Waals surface area contributed by atoms with Crippen molar-refractivity contribution in [2.24, 2.45) is 0 Å². The third-order valence-corrected chi connectivity index (χ3v) is 7.67. The number of hydrogen-bond acceptors (Lipinski definition) is 5. The molecule has 0 aromatic heterocycles. The van der Waals surface area contributed by atoms with Crippen molar-refractivity contribution in [2.45, 2.75) is 11.8 Å². The Hall–Kier alpha value is 2.21. The second-order valence-corrected chi connectivity index (χ2v) is 10.0. The van der Waals surface area contributed by atoms with Gasteiger partial charge in [-0.1, -0.05) is 0 Å². The minimum atomic E-state index is -3.98. The molecule has 2 N–H and O–H groups in total. The van der Waals surface area contributed by atoms with Gasteiger partial charge in [0.15, 0.2) is 0 Å². The Morgan fingerprint density at radius 3 is 2.45 bits per heavy atom. The van der Waals surface area contributed by atoms with Gasteiger partial charge >= 0.3 is 45.4 Å². The van der Waals surface area contributed by atoms with Crippen LogP contribution in [0.25, 0.3) is 0 Å². The zero-order chi connectivity index (χ0) is 15.9. The van der Waals surface area contributed by atoms with E-state index in [9.17, 15) is 13.0 Å². The van der Waals surface area contributed by atoms with Crippen molar-refractivity contribution in [3.05, 3.63) is 0 Å². The van der Waals surface area contributed by atoms with Crippen LogP contribution in [0.3, 0.4) is 0 Å². The summed E-state index contributed by atoms with van der Waals surface area (Å²) in [6.07, 6.45) is 0.593. The number of nitrogens with one attached hydrogen (secondary N) is 1. The van der Waals surface area contributed by atoms with Crippen molar-refractivity contribution >= 4 is 90.5 Å². The van der Waals surface area contributed by atoms with Crippen molar-refractivity contribution in [2.75, 3.05) is 43.0 Å². The maximum atomic E-state index is 12.8. The van der Waals surface area contributed by atoms with E-state index in [0.29, 0.717) is 37.9 Å². The molecule has 2 unspecified atom stereocenters. The first-order valence-corrected chi connectivity index (χ1v) is 11.6. The van der Waals surface area contributed by atoms with Gasteiger partial charge in [-0.3, -0.25) is 9.12 Å². The normalized spacial score (nSPS) is 25.9. The van der Waals surface area contributed by atoms with Gasteiger partial charge in [0.1, 0.15) is 0 Å². The molecule has 2 atom stereocenters. The number of hydrogen-bond donors (Lipinski definition) is 2. The van der Waals surface area contributed by atoms with Gasteiger partial charge in [-0.2, -0.15) is 8.42 Å². The molecule has 1 heterocycles. The van der Waals surface area contributed by atoms with Crippen LogP contribution in [-0.2, 0) is 19.2 Å². The number of thioether (sulfide) groups is 1. The van der Waals surface area contributed by atoms with Crippen LogP contribution in [0.15, 0.2) is 0 Å². The van der Waals surface area contributed by atoms with Crippen LogP contribution >= 0.6 is 42.6 Å². The summed E-state index contributed by atoms with van der Waals surface area (Å²) in [6, 6.07) is 0. The van der Waals surface area contributed by atoms with Crippen LogP contribution in [0.1, 0.15) is 6.42 Å². The summed E-state index contributed by atoms with van der Waals surface area (Å²) < 4.78 is 49.8. The molecule has 7 nitrogen and oxygen atoms in total. The number of halogens is 2. The molecule has 1 saturated heterocycles. The van der Waals surface area contributed by atoms with E-state index in [1.165, 1.54) is 11.8 Å². The van der Waals surface area contributed by atoms with Gasteiger partial charge in [-0.25, -0.2) is 9.76 Å². The van der Waals surface area contributed by atoms with Gasteiger partial charge < -0.3 is 4.52 Å². The molecule has 1 aliphatic heterocycles. The van der Waals surface area contributed by atoms with Gasteiger partial charge in [0, 0.05) is 30.6 Å². The van der Waals surface area contributed by atoms with E-state index in [1.807, 2.05) is 0 Å². The topological polar surface area (TPSA) is 95.9 Å². The van der Waals surface area contributed by atoms with Crippen LogP contribution in [0, 0.1) is 0 Å². The molecular formula is C9H21CaCl2N2O5PS2. The van der Waals surface area contributed by atoms with E-state index >= 15 is 0 Å². The molecule has 0 saturated carbocycles. The molecule has 0 aromatic carbocycles. The summed E-state index contributed by atoms with van der Waals surface area (Å²) in [5.74, 6) is 0.467. The second-order valence-electron chi connectivity index (χ2n) is 4.25. The first kappa shape index (κ1) is 24.2. The van der Waals surface area contributed by atoms with Gasteiger partial charge in [0.2, 0.25) is 0 Å². The average Bonchev–Trinajstić information content (AvgIpc) is 2.37. The van der Waals surface area contributed by atoms with Gasteiger partial charge in [0.05, 0.1) is 17.7 Å². The van der Waals surface area contributed by atoms with E-state index in [0.717, 1.165) is 0 Å². The monoisotopic (exact) mass is 442 g/mol. The summed E-state index contributed by atoms with van der Waals surface area (Å²) in [5, 5.41) is 2.71. The standard InChI is InChI=1S/C9H19Cl2N2O5PS2.Ca.2H/c10-2-4-13(5-3-11)19(14)12-9(1-6-18-19)20-7-8-21(15,16)17;;;/h9H,1-8H2,(H,12,14)(H,15,16,17);;;. The molecule has 130 valence electrons. The molecule has 1 rings (SSSR count). The Labute approximate surface area is 175 Å². The third kappa shape index (κ3) is 9.06. The van der Waals surface area contributed by atoms with Crippen molar-refractivity contribution in [1.82, 2.24) is 9.76 Å². The average molecular weight is 443 g/mol. The molecule has 22 heavy (non-hydrogen) atoms. The Morgan fingerprint density at radius 1 is 1.36 bits per heavy atom. The molecule has 0 radical (unpaired) electrons. The Bertz CT molecular complexity index is 467. The molecule has 13 heteroatoms. The van der Waals surface area contributed by atoms with Gasteiger partial charge in [0.25, 0.3) is 10.1 Å². The zero-order valence-corrected chi connectivity index (χ0v) is 15.3. The first-order chi connectivity index (χ1) is 9.80. The zero-order valence-electron chi connectivity index (χ0n) is 11.3. The molecular weight excluding hydrogens is 422 g/mol. The maximum absolute atomic E-state index is 12.8. The molecule has 1 fully saturated rings. The third-order valence-electron chi connectivity index (χ3n) is 2.67. The second kappa shape index (κ2) is 11.8. The Kier molecular flexibility index (Phi) is 12.9. The van der Waals surface area contributed by atoms with Crippen molar-refractivity contribution < 1.29 is 22.1 Å². The predicted octanol–water partition coefficient (Wildman–Crippen LogP) is 0.915. The van der Waals surface area contributed by atoms with Crippen LogP contribution in [0.2, 0.25) is 0 Å². The van der Waals surface area contributed by atoms with Crippen LogP contribution in [0.4, 0.5) is 0 Å². The summed E-state index contributed by atoms with van der Waals surface area (Å²) in [6.45, 7) is 1.05.